The van der Waals surface area contributed by atoms with Crippen molar-refractivity contribution >= 4 is 75.0 Å². The quantitative estimate of drug-likeness (QED) is 0.500. The van der Waals surface area contributed by atoms with Gasteiger partial charge in [-0.25, -0.2) is 4.90 Å². The molecule has 0 aromatic heterocycles. The lowest BCUT2D eigenvalue weighted by Gasteiger charge is -2.27. The van der Waals surface area contributed by atoms with Crippen LogP contribution >= 0.6 is 35.7 Å². The van der Waals surface area contributed by atoms with Gasteiger partial charge < -0.3 is 9.90 Å². The maximum Gasteiger partial charge on any atom is 0.267 e. The Kier molecular flexibility index (Phi) is 5.92. The number of aliphatic carboxylic acids is 1. The van der Waals surface area contributed by atoms with Crippen molar-refractivity contribution in [1.29, 1.82) is 0 Å². The molecule has 0 spiro atoms. The van der Waals surface area contributed by atoms with Crippen molar-refractivity contribution in [3.63, 3.8) is 0 Å². The lowest BCUT2D eigenvalue weighted by Crippen LogP contribution is -2.50. The van der Waals surface area contributed by atoms with Crippen LogP contribution in [0, 0.1) is 0 Å². The number of nitrogens with zero attached hydrogens (tertiary/aromatic N) is 2. The summed E-state index contributed by atoms with van der Waals surface area (Å²) in [4.78, 5) is 51.6. The lowest BCUT2D eigenvalue weighted by atomic mass is 10.1. The predicted octanol–water partition coefficient (Wildman–Crippen LogP) is 1.02. The van der Waals surface area contributed by atoms with Gasteiger partial charge in [-0.2, -0.15) is 11.8 Å². The third-order valence-corrected chi connectivity index (χ3v) is 6.40. The van der Waals surface area contributed by atoms with Gasteiger partial charge in [-0.3, -0.25) is 19.3 Å². The van der Waals surface area contributed by atoms with Crippen molar-refractivity contribution in [2.45, 2.75) is 19.4 Å². The number of thiocarbonyl (C=S) groups is 1. The molecule has 3 rings (SSSR count). The number of carbonyl (C=O) groups is 4. The van der Waals surface area contributed by atoms with E-state index in [4.69, 9.17) is 12.2 Å². The summed E-state index contributed by atoms with van der Waals surface area (Å²) in [7, 11) is 0. The number of fused-ring (bicyclic) bond motifs is 1. The number of para-hydroxylation sites is 1. The first-order chi connectivity index (χ1) is 13.3. The number of carboxylic acid groups (broad SMARTS) is 1. The average molecular weight is 436 g/mol. The zero-order valence-electron chi connectivity index (χ0n) is 15.0. The van der Waals surface area contributed by atoms with Gasteiger partial charge in [-0.05, 0) is 24.5 Å². The minimum atomic E-state index is -1.40. The minimum absolute atomic E-state index is 0.0293. The highest BCUT2D eigenvalue weighted by atomic mass is 32.2. The number of carbonyl (C=O) groups excluding carboxylic acids is 4. The van der Waals surface area contributed by atoms with Crippen LogP contribution < -0.4 is 10.0 Å². The number of rotatable bonds is 5. The Morgan fingerprint density at radius 3 is 2.54 bits per heavy atom. The van der Waals surface area contributed by atoms with Crippen molar-refractivity contribution in [2.24, 2.45) is 0 Å². The van der Waals surface area contributed by atoms with Crippen LogP contribution in [-0.2, 0) is 19.2 Å². The van der Waals surface area contributed by atoms with Crippen molar-refractivity contribution in [1.82, 2.24) is 4.90 Å². The van der Waals surface area contributed by atoms with Gasteiger partial charge in [0.25, 0.3) is 11.8 Å². The molecule has 0 aliphatic carbocycles. The molecule has 2 heterocycles. The molecule has 2 aliphatic heterocycles. The first-order valence-corrected chi connectivity index (χ1v) is 10.8. The molecule has 0 radical (unpaired) electrons. The normalized spacial score (nSPS) is 20.0. The number of hydrogen-bond donors (Lipinski definition) is 0. The number of benzene rings is 1. The maximum absolute atomic E-state index is 13.1. The highest BCUT2D eigenvalue weighted by Gasteiger charge is 2.45. The molecule has 1 aromatic carbocycles. The molecule has 0 bridgehead atoms. The average Bonchev–Trinajstić information content (AvgIpc) is 3.08. The van der Waals surface area contributed by atoms with Crippen molar-refractivity contribution < 1.29 is 24.3 Å². The monoisotopic (exact) mass is 435 g/mol. The highest BCUT2D eigenvalue weighted by molar-refractivity contribution is 8.26. The first-order valence-electron chi connectivity index (χ1n) is 8.23. The van der Waals surface area contributed by atoms with E-state index in [0.29, 0.717) is 17.0 Å². The van der Waals surface area contributed by atoms with Crippen LogP contribution in [0.3, 0.4) is 0 Å². The second-order valence-corrected chi connectivity index (χ2v) is 8.67. The first kappa shape index (κ1) is 20.6. The van der Waals surface area contributed by atoms with Crippen molar-refractivity contribution in [3.05, 3.63) is 34.7 Å². The minimum Gasteiger partial charge on any atom is -0.548 e. The molecule has 0 saturated carbocycles. The number of anilines is 1. The van der Waals surface area contributed by atoms with E-state index in [1.54, 1.807) is 24.3 Å². The van der Waals surface area contributed by atoms with Gasteiger partial charge in [0.15, 0.2) is 0 Å². The van der Waals surface area contributed by atoms with Crippen LogP contribution in [0.2, 0.25) is 0 Å². The zero-order valence-corrected chi connectivity index (χ0v) is 17.4. The Hall–Kier alpha value is -2.17. The number of amides is 3. The Labute approximate surface area is 175 Å². The Bertz CT molecular complexity index is 943. The number of imide groups is 1. The molecular weight excluding hydrogens is 420 g/mol. The predicted molar refractivity (Wildman–Crippen MR) is 110 cm³/mol. The molecule has 1 fully saturated rings. The van der Waals surface area contributed by atoms with Crippen molar-refractivity contribution in [3.8, 4) is 0 Å². The summed E-state index contributed by atoms with van der Waals surface area (Å²) in [5.41, 5.74) is 0.893. The fourth-order valence-corrected chi connectivity index (χ4v) is 5.02. The van der Waals surface area contributed by atoms with Gasteiger partial charge in [0.1, 0.15) is 4.32 Å². The molecule has 1 atom stereocenters. The molecule has 2 aliphatic rings. The smallest absolute Gasteiger partial charge is 0.267 e. The summed E-state index contributed by atoms with van der Waals surface area (Å²) in [6, 6.07) is 5.42. The molecule has 1 aromatic rings. The zero-order chi connectivity index (χ0) is 20.6. The van der Waals surface area contributed by atoms with Crippen LogP contribution in [0.25, 0.3) is 5.57 Å². The summed E-state index contributed by atoms with van der Waals surface area (Å²) < 4.78 is 0.0503. The molecule has 0 unspecified atom stereocenters. The molecule has 28 heavy (non-hydrogen) atoms. The van der Waals surface area contributed by atoms with E-state index in [1.165, 1.54) is 18.7 Å². The second-order valence-electron chi connectivity index (χ2n) is 6.04. The van der Waals surface area contributed by atoms with Gasteiger partial charge in [-0.15, -0.1) is 0 Å². The van der Waals surface area contributed by atoms with E-state index in [1.807, 2.05) is 6.26 Å². The largest absolute Gasteiger partial charge is 0.548 e. The number of hydrogen-bond acceptors (Lipinski definition) is 8. The van der Waals surface area contributed by atoms with Crippen LogP contribution in [0.15, 0.2) is 29.2 Å². The third-order valence-electron chi connectivity index (χ3n) is 4.35. The molecule has 10 heteroatoms. The Balaban J connectivity index is 2.09. The maximum atomic E-state index is 13.1. The summed E-state index contributed by atoms with van der Waals surface area (Å²) in [6.45, 7) is 1.26. The Morgan fingerprint density at radius 1 is 1.25 bits per heavy atom. The fraction of sp³-hybridized carbons (Fsp3) is 0.278. The second kappa shape index (κ2) is 8.06. The molecule has 1 saturated heterocycles. The standard InChI is InChI=1S/C18H16N2O5S3/c1-9(21)19-11-6-4-3-5-10(11)13(15(19)22)14-16(23)20(18(26)28-14)12(17(24)25)7-8-27-2/h3-6,12H,7-8H2,1-2H3,(H,24,25)/p-1/b14-13+/t12-/m0/s1. The van der Waals surface area contributed by atoms with Gasteiger partial charge in [0.05, 0.1) is 28.2 Å². The van der Waals surface area contributed by atoms with E-state index >= 15 is 0 Å². The van der Waals surface area contributed by atoms with Crippen LogP contribution in [-0.4, -0.2) is 51.0 Å². The SMILES string of the molecule is CSCC[C@@H](C(=O)[O-])N1C(=O)/C(=C2\C(=O)N(C(C)=O)c3ccccc32)SC1=S. The molecule has 7 nitrogen and oxygen atoms in total. The van der Waals surface area contributed by atoms with Gasteiger partial charge >= 0.3 is 0 Å². The third kappa shape index (κ3) is 3.36. The summed E-state index contributed by atoms with van der Waals surface area (Å²) in [6.07, 6.45) is 1.99. The fourth-order valence-electron chi connectivity index (χ4n) is 3.13. The molecule has 0 N–H and O–H groups in total. The highest BCUT2D eigenvalue weighted by Crippen LogP contribution is 2.45. The van der Waals surface area contributed by atoms with Crippen molar-refractivity contribution in [2.75, 3.05) is 16.9 Å². The molecule has 3 amide bonds. The van der Waals surface area contributed by atoms with E-state index in [0.717, 1.165) is 21.6 Å². The number of thioether (sulfide) groups is 2. The molecule has 146 valence electrons. The topological polar surface area (TPSA) is 97.8 Å². The van der Waals surface area contributed by atoms with Gasteiger partial charge in [0.2, 0.25) is 5.91 Å². The summed E-state index contributed by atoms with van der Waals surface area (Å²) >= 11 is 7.55. The Morgan fingerprint density at radius 2 is 1.93 bits per heavy atom. The van der Waals surface area contributed by atoms with Gasteiger partial charge in [0, 0.05) is 12.5 Å². The van der Waals surface area contributed by atoms with E-state index in [-0.39, 0.29) is 21.2 Å². The number of carboxylic acids is 1. The van der Waals surface area contributed by atoms with E-state index in [2.05, 4.69) is 0 Å². The van der Waals surface area contributed by atoms with Gasteiger partial charge in [-0.1, -0.05) is 42.2 Å². The van der Waals surface area contributed by atoms with E-state index in [9.17, 15) is 24.3 Å². The van der Waals surface area contributed by atoms with Crippen LogP contribution in [0.4, 0.5) is 5.69 Å². The molecular formula is C18H15N2O5S3-. The lowest BCUT2D eigenvalue weighted by molar-refractivity contribution is -0.310. The summed E-state index contributed by atoms with van der Waals surface area (Å²) in [5.74, 6) is -2.66. The summed E-state index contributed by atoms with van der Waals surface area (Å²) in [5, 5.41) is 11.6. The van der Waals surface area contributed by atoms with E-state index < -0.39 is 29.7 Å². The van der Waals surface area contributed by atoms with Crippen LogP contribution in [0.1, 0.15) is 18.9 Å². The van der Waals surface area contributed by atoms with Crippen LogP contribution in [0.5, 0.6) is 0 Å².